The molecule has 16 heteroatoms. The number of imide groups is 2. The van der Waals surface area contributed by atoms with Crippen LogP contribution in [0.3, 0.4) is 0 Å². The highest BCUT2D eigenvalue weighted by molar-refractivity contribution is 6.21. The van der Waals surface area contributed by atoms with Crippen molar-refractivity contribution in [3.8, 4) is 5.69 Å². The van der Waals surface area contributed by atoms with Crippen LogP contribution in [0, 0.1) is 5.41 Å². The van der Waals surface area contributed by atoms with Crippen LogP contribution in [0.4, 0.5) is 9.18 Å². The summed E-state index contributed by atoms with van der Waals surface area (Å²) < 4.78 is 14.0. The molecule has 2 aromatic rings. The Bertz CT molecular complexity index is 1520. The molecule has 0 radical (unpaired) electrons. The van der Waals surface area contributed by atoms with Crippen LogP contribution in [-0.4, -0.2) is 108 Å². The average molecular weight is 687 g/mol. The first-order chi connectivity index (χ1) is 23.4. The Morgan fingerprint density at radius 2 is 1.53 bits per heavy atom. The van der Waals surface area contributed by atoms with E-state index in [1.165, 1.54) is 13.8 Å². The highest BCUT2D eigenvalue weighted by Gasteiger charge is 2.59. The van der Waals surface area contributed by atoms with Crippen molar-refractivity contribution < 1.29 is 48.5 Å². The predicted octanol–water partition coefficient (Wildman–Crippen LogP) is 3.31. The Balaban J connectivity index is 1.58. The van der Waals surface area contributed by atoms with Crippen LogP contribution in [0.5, 0.6) is 0 Å². The fourth-order valence-electron chi connectivity index (χ4n) is 5.73. The number of aromatic nitrogens is 3. The molecule has 1 aliphatic rings. The summed E-state index contributed by atoms with van der Waals surface area (Å²) in [5.41, 5.74) is 0.607. The van der Waals surface area contributed by atoms with Gasteiger partial charge in [0.15, 0.2) is 0 Å². The molecule has 4 amide bonds. The van der Waals surface area contributed by atoms with Gasteiger partial charge in [0.25, 0.3) is 0 Å². The van der Waals surface area contributed by atoms with Crippen LogP contribution >= 0.6 is 0 Å². The maximum atomic E-state index is 13.6. The molecule has 1 aromatic carbocycles. The van der Waals surface area contributed by atoms with Gasteiger partial charge in [-0.1, -0.05) is 43.3 Å². The van der Waals surface area contributed by atoms with Crippen molar-refractivity contribution in [3.05, 3.63) is 47.8 Å². The van der Waals surface area contributed by atoms with E-state index in [4.69, 9.17) is 5.11 Å². The predicted molar refractivity (Wildman–Crippen MR) is 173 cm³/mol. The standard InChI is InChI=1S/C33H43FN6O9/c1-3-33(4-2)30(47)39(32(49)40(31(33)48)26(29(45)46)16-17-27(41)42)25(28(43)44)11-5-6-19-35-20-8-9-22-12-14-24(15-13-22)38-21-23(36-37-38)10-7-18-34/h8-9,12-15,21,25-26,35H,3-7,10-11,16-20H2,1-2H3,(H,41,42)(H,43,44)(H,45,46)/t25-,26?/m0/s1. The summed E-state index contributed by atoms with van der Waals surface area (Å²) in [7, 11) is 0. The molecule has 0 saturated carbocycles. The number of carbonyl (C=O) groups excluding carboxylic acids is 3. The number of hydrogen-bond donors (Lipinski definition) is 4. The number of urea groups is 1. The number of halogens is 1. The molecular weight excluding hydrogens is 643 g/mol. The number of carboxylic acids is 3. The fourth-order valence-corrected chi connectivity index (χ4v) is 5.73. The van der Waals surface area contributed by atoms with Crippen LogP contribution in [0.25, 0.3) is 11.8 Å². The van der Waals surface area contributed by atoms with Crippen molar-refractivity contribution in [1.29, 1.82) is 0 Å². The first-order valence-corrected chi connectivity index (χ1v) is 16.2. The number of aryl methyl sites for hydroxylation is 1. The molecule has 15 nitrogen and oxygen atoms in total. The van der Waals surface area contributed by atoms with E-state index in [0.29, 0.717) is 42.2 Å². The second kappa shape index (κ2) is 18.0. The quantitative estimate of drug-likeness (QED) is 0.110. The SMILES string of the molecule is CCC1(CC)C(=O)N(C(CCC(=O)O)C(=O)O)C(=O)N([C@@H](CCCCNCC=Cc2ccc(-n3cc(CCCF)nn3)cc2)C(=O)O)C1=O. The first-order valence-electron chi connectivity index (χ1n) is 16.2. The van der Waals surface area contributed by atoms with E-state index in [9.17, 15) is 43.4 Å². The fraction of sp³-hybridized carbons (Fsp3) is 0.515. The number of amides is 4. The lowest BCUT2D eigenvalue weighted by Gasteiger charge is -2.46. The van der Waals surface area contributed by atoms with E-state index in [2.05, 4.69) is 15.6 Å². The molecule has 1 saturated heterocycles. The molecule has 49 heavy (non-hydrogen) atoms. The van der Waals surface area contributed by atoms with Crippen molar-refractivity contribution in [3.63, 3.8) is 0 Å². The summed E-state index contributed by atoms with van der Waals surface area (Å²) in [6.07, 6.45) is 5.63. The molecule has 2 atom stereocenters. The number of barbiturate groups is 1. The summed E-state index contributed by atoms with van der Waals surface area (Å²) in [5.74, 6) is -6.56. The van der Waals surface area contributed by atoms with Gasteiger partial charge in [-0.05, 0) is 75.6 Å². The molecule has 1 fully saturated rings. The molecular formula is C33H43FN6O9. The summed E-state index contributed by atoms with van der Waals surface area (Å²) in [4.78, 5) is 77.2. The van der Waals surface area contributed by atoms with E-state index in [1.807, 2.05) is 36.4 Å². The van der Waals surface area contributed by atoms with E-state index in [-0.39, 0.29) is 25.7 Å². The van der Waals surface area contributed by atoms with Crippen LogP contribution in [0.2, 0.25) is 0 Å². The van der Waals surface area contributed by atoms with Crippen molar-refractivity contribution in [2.45, 2.75) is 83.7 Å². The number of hydrogen-bond acceptors (Lipinski definition) is 9. The van der Waals surface area contributed by atoms with Crippen LogP contribution in [-0.2, 0) is 30.4 Å². The van der Waals surface area contributed by atoms with Crippen LogP contribution < -0.4 is 5.32 Å². The molecule has 0 aliphatic carbocycles. The first kappa shape index (κ1) is 38.5. The molecule has 1 aliphatic heterocycles. The largest absolute Gasteiger partial charge is 0.481 e. The smallest absolute Gasteiger partial charge is 0.335 e. The summed E-state index contributed by atoms with van der Waals surface area (Å²) in [5, 5.41) is 40.3. The molecule has 4 N–H and O–H groups in total. The highest BCUT2D eigenvalue weighted by Crippen LogP contribution is 2.39. The molecule has 3 rings (SSSR count). The second-order valence-electron chi connectivity index (χ2n) is 11.7. The molecule has 2 heterocycles. The van der Waals surface area contributed by atoms with Crippen LogP contribution in [0.1, 0.15) is 76.5 Å². The third-order valence-electron chi connectivity index (χ3n) is 8.62. The highest BCUT2D eigenvalue weighted by atomic mass is 19.1. The van der Waals surface area contributed by atoms with E-state index >= 15 is 0 Å². The van der Waals surface area contributed by atoms with Gasteiger partial charge in [-0.3, -0.25) is 18.8 Å². The summed E-state index contributed by atoms with van der Waals surface area (Å²) >= 11 is 0. The monoisotopic (exact) mass is 686 g/mol. The number of rotatable bonds is 21. The molecule has 0 spiro atoms. The number of alkyl halides is 1. The summed E-state index contributed by atoms with van der Waals surface area (Å²) in [6, 6.07) is 2.66. The van der Waals surface area contributed by atoms with Crippen molar-refractivity contribution in [1.82, 2.24) is 30.1 Å². The summed E-state index contributed by atoms with van der Waals surface area (Å²) in [6.45, 7) is 3.61. The van der Waals surface area contributed by atoms with Gasteiger partial charge in [0.05, 0.1) is 24.3 Å². The molecule has 266 valence electrons. The Morgan fingerprint density at radius 1 is 0.918 bits per heavy atom. The average Bonchev–Trinajstić information content (AvgIpc) is 3.55. The van der Waals surface area contributed by atoms with Gasteiger partial charge in [0.2, 0.25) is 11.8 Å². The lowest BCUT2D eigenvalue weighted by Crippen LogP contribution is -2.70. The number of unbranched alkanes of at least 4 members (excludes halogenated alkanes) is 1. The maximum absolute atomic E-state index is 13.6. The molecule has 0 bridgehead atoms. The van der Waals surface area contributed by atoms with E-state index in [1.54, 1.807) is 10.9 Å². The van der Waals surface area contributed by atoms with Gasteiger partial charge in [-0.2, -0.15) is 0 Å². The number of carboxylic acid groups (broad SMARTS) is 3. The maximum Gasteiger partial charge on any atom is 0.335 e. The second-order valence-corrected chi connectivity index (χ2v) is 11.7. The van der Waals surface area contributed by atoms with Crippen molar-refractivity contribution in [2.75, 3.05) is 19.8 Å². The lowest BCUT2D eigenvalue weighted by atomic mass is 9.77. The normalized spacial score (nSPS) is 15.9. The zero-order chi connectivity index (χ0) is 36.1. The number of benzene rings is 1. The number of carbonyl (C=O) groups is 6. The minimum Gasteiger partial charge on any atom is -0.481 e. The van der Waals surface area contributed by atoms with Crippen LogP contribution in [0.15, 0.2) is 36.5 Å². The Morgan fingerprint density at radius 3 is 2.08 bits per heavy atom. The zero-order valence-electron chi connectivity index (χ0n) is 27.6. The van der Waals surface area contributed by atoms with E-state index < -0.39 is 72.8 Å². The van der Waals surface area contributed by atoms with Crippen molar-refractivity contribution in [2.24, 2.45) is 5.41 Å². The number of nitrogens with one attached hydrogen (secondary N) is 1. The van der Waals surface area contributed by atoms with Gasteiger partial charge in [0.1, 0.15) is 17.5 Å². The molecule has 1 aromatic heterocycles. The number of nitrogens with zero attached hydrogens (tertiary/aromatic N) is 5. The van der Waals surface area contributed by atoms with Gasteiger partial charge < -0.3 is 20.6 Å². The third kappa shape index (κ3) is 9.34. The van der Waals surface area contributed by atoms with E-state index in [0.717, 1.165) is 16.9 Å². The van der Waals surface area contributed by atoms with Gasteiger partial charge in [-0.15, -0.1) is 5.10 Å². The Kier molecular flexibility index (Phi) is 14.1. The van der Waals surface area contributed by atoms with Gasteiger partial charge in [-0.25, -0.2) is 28.9 Å². The minimum atomic E-state index is -1.89. The van der Waals surface area contributed by atoms with Crippen molar-refractivity contribution >= 4 is 41.8 Å². The Hall–Kier alpha value is -4.99. The molecule has 1 unspecified atom stereocenters. The minimum absolute atomic E-state index is 0.119. The van der Waals surface area contributed by atoms with Gasteiger partial charge in [0, 0.05) is 13.0 Å². The Labute approximate surface area is 282 Å². The third-order valence-corrected chi connectivity index (χ3v) is 8.62. The lowest BCUT2D eigenvalue weighted by molar-refractivity contribution is -0.170. The number of aliphatic carboxylic acids is 3. The topological polar surface area (TPSA) is 212 Å². The van der Waals surface area contributed by atoms with Gasteiger partial charge >= 0.3 is 23.9 Å². The zero-order valence-corrected chi connectivity index (χ0v) is 27.6.